The maximum atomic E-state index is 2.64. The summed E-state index contributed by atoms with van der Waals surface area (Å²) in [6.07, 6.45) is 7.74. The Hall–Kier alpha value is 0.310. The molecule has 0 atom stereocenters. The zero-order valence-corrected chi connectivity index (χ0v) is 16.0. The molecule has 0 heterocycles. The van der Waals surface area contributed by atoms with Crippen LogP contribution in [0.15, 0.2) is 0 Å². The normalized spacial score (nSPS) is 12.9. The van der Waals surface area contributed by atoms with E-state index in [1.807, 2.05) is 0 Å². The highest BCUT2D eigenvalue weighted by atomic mass is 31.2. The van der Waals surface area contributed by atoms with Gasteiger partial charge < -0.3 is 0 Å². The van der Waals surface area contributed by atoms with Crippen molar-refractivity contribution >= 4 is 7.71 Å². The third-order valence-corrected chi connectivity index (χ3v) is 8.93. The van der Waals surface area contributed by atoms with Gasteiger partial charge in [-0.2, -0.15) is 14.0 Å². The molecule has 0 fully saturated rings. The predicted molar refractivity (Wildman–Crippen MR) is 95.5 cm³/mol. The topological polar surface area (TPSA) is 9.72 Å². The lowest BCUT2D eigenvalue weighted by molar-refractivity contribution is 0.361. The summed E-state index contributed by atoms with van der Waals surface area (Å²) in [6, 6.07) is 0. The number of nitrogens with zero attached hydrogens (tertiary/aromatic N) is 3. The molecular formula is C16H39N3P+. The lowest BCUT2D eigenvalue weighted by atomic mass is 10.3. The molecule has 0 aliphatic heterocycles. The zero-order valence-electron chi connectivity index (χ0n) is 15.2. The van der Waals surface area contributed by atoms with Gasteiger partial charge in [-0.25, -0.2) is 0 Å². The first-order chi connectivity index (χ1) is 9.44. The molecule has 0 rings (SSSR count). The Kier molecular flexibility index (Phi) is 11.1. The highest BCUT2D eigenvalue weighted by Gasteiger charge is 2.46. The van der Waals surface area contributed by atoms with Gasteiger partial charge >= 0.3 is 0 Å². The zero-order chi connectivity index (χ0) is 15.6. The lowest BCUT2D eigenvalue weighted by Crippen LogP contribution is -2.41. The minimum absolute atomic E-state index is 1.22. The summed E-state index contributed by atoms with van der Waals surface area (Å²) in [5.74, 6) is 0. The van der Waals surface area contributed by atoms with Gasteiger partial charge in [0.1, 0.15) is 0 Å². The van der Waals surface area contributed by atoms with Crippen LogP contribution >= 0.6 is 7.71 Å². The lowest BCUT2D eigenvalue weighted by Gasteiger charge is -2.42. The quantitative estimate of drug-likeness (QED) is 0.489. The smallest absolute Gasteiger partial charge is 0.152 e. The van der Waals surface area contributed by atoms with Crippen LogP contribution in [0.4, 0.5) is 0 Å². The van der Waals surface area contributed by atoms with Crippen LogP contribution in [-0.2, 0) is 0 Å². The Morgan fingerprint density at radius 2 is 0.850 bits per heavy atom. The average Bonchev–Trinajstić information content (AvgIpc) is 2.46. The van der Waals surface area contributed by atoms with Gasteiger partial charge in [-0.05, 0) is 19.3 Å². The van der Waals surface area contributed by atoms with E-state index in [4.69, 9.17) is 0 Å². The summed E-state index contributed by atoms with van der Waals surface area (Å²) in [5.41, 5.74) is 0. The van der Waals surface area contributed by atoms with E-state index >= 15 is 0 Å². The summed E-state index contributed by atoms with van der Waals surface area (Å²) in [4.78, 5) is 0. The molecule has 4 heteroatoms. The van der Waals surface area contributed by atoms with Gasteiger partial charge in [-0.15, -0.1) is 0 Å². The van der Waals surface area contributed by atoms with E-state index in [1.165, 1.54) is 58.2 Å². The molecule has 0 aromatic rings. The van der Waals surface area contributed by atoms with Crippen LogP contribution in [0.3, 0.4) is 0 Å². The number of hydrogen-bond donors (Lipinski definition) is 0. The van der Waals surface area contributed by atoms with Crippen molar-refractivity contribution < 1.29 is 0 Å². The maximum Gasteiger partial charge on any atom is 0.223 e. The van der Waals surface area contributed by atoms with Gasteiger partial charge in [0.05, 0.1) is 6.66 Å². The first-order valence-corrected chi connectivity index (χ1v) is 10.6. The molecule has 0 bridgehead atoms. The minimum atomic E-state index is -1.33. The Morgan fingerprint density at radius 1 is 0.600 bits per heavy atom. The van der Waals surface area contributed by atoms with Crippen molar-refractivity contribution in [2.75, 3.05) is 47.4 Å². The van der Waals surface area contributed by atoms with Gasteiger partial charge in [0.15, 0.2) is 0 Å². The molecule has 3 nitrogen and oxygen atoms in total. The fraction of sp³-hybridized carbons (Fsp3) is 1.00. The molecule has 0 saturated carbocycles. The summed E-state index contributed by atoms with van der Waals surface area (Å²) in [7, 11) is 5.65. The van der Waals surface area contributed by atoms with Crippen molar-refractivity contribution in [3.05, 3.63) is 0 Å². The predicted octanol–water partition coefficient (Wildman–Crippen LogP) is 4.57. The second kappa shape index (κ2) is 11.0. The summed E-state index contributed by atoms with van der Waals surface area (Å²) < 4.78 is 7.92. The first-order valence-electron chi connectivity index (χ1n) is 8.46. The minimum Gasteiger partial charge on any atom is -0.152 e. The molecule has 0 aliphatic rings. The van der Waals surface area contributed by atoms with E-state index in [9.17, 15) is 0 Å². The number of rotatable bonds is 12. The van der Waals surface area contributed by atoms with E-state index in [0.717, 1.165) is 0 Å². The number of unbranched alkanes of at least 4 members (excludes halogenated alkanes) is 3. The summed E-state index contributed by atoms with van der Waals surface area (Å²) >= 11 is 0. The monoisotopic (exact) mass is 304 g/mol. The molecule has 0 saturated heterocycles. The third-order valence-electron chi connectivity index (χ3n) is 4.45. The van der Waals surface area contributed by atoms with E-state index < -0.39 is 7.71 Å². The Balaban J connectivity index is 4.88. The van der Waals surface area contributed by atoms with Crippen molar-refractivity contribution in [3.63, 3.8) is 0 Å². The van der Waals surface area contributed by atoms with Crippen LogP contribution in [0.5, 0.6) is 0 Å². The van der Waals surface area contributed by atoms with E-state index in [1.54, 1.807) is 0 Å². The van der Waals surface area contributed by atoms with E-state index in [-0.39, 0.29) is 0 Å². The molecule has 0 spiro atoms. The Labute approximate surface area is 129 Å². The third kappa shape index (κ3) is 5.97. The number of hydrogen-bond acceptors (Lipinski definition) is 3. The van der Waals surface area contributed by atoms with Crippen molar-refractivity contribution in [1.29, 1.82) is 0 Å². The molecule has 122 valence electrons. The van der Waals surface area contributed by atoms with Gasteiger partial charge in [-0.1, -0.05) is 40.0 Å². The molecule has 0 radical (unpaired) electrons. The Bertz CT molecular complexity index is 200. The second-order valence-corrected chi connectivity index (χ2v) is 9.86. The summed E-state index contributed by atoms with van der Waals surface area (Å²) in [6.45, 7) is 13.0. The highest BCUT2D eigenvalue weighted by molar-refractivity contribution is 7.68. The van der Waals surface area contributed by atoms with Crippen molar-refractivity contribution in [1.82, 2.24) is 14.0 Å². The standard InChI is InChI=1S/C16H39N3P/c1-8-11-14-17(4)20(7,18(5)15-12-9-2)19(6)16-13-10-3/h8-16H2,1-7H3/q+1. The van der Waals surface area contributed by atoms with Crippen molar-refractivity contribution in [2.45, 2.75) is 59.3 Å². The molecule has 0 aliphatic carbocycles. The van der Waals surface area contributed by atoms with Crippen molar-refractivity contribution in [2.24, 2.45) is 0 Å². The van der Waals surface area contributed by atoms with Crippen LogP contribution < -0.4 is 0 Å². The average molecular weight is 304 g/mol. The van der Waals surface area contributed by atoms with E-state index in [2.05, 4.69) is 62.6 Å². The molecule has 0 N–H and O–H groups in total. The molecule has 20 heavy (non-hydrogen) atoms. The molecule has 0 unspecified atom stereocenters. The fourth-order valence-electron chi connectivity index (χ4n) is 2.51. The van der Waals surface area contributed by atoms with Gasteiger partial charge in [0.2, 0.25) is 7.71 Å². The second-order valence-electron chi connectivity index (χ2n) is 6.07. The summed E-state index contributed by atoms with van der Waals surface area (Å²) in [5, 5.41) is 0. The van der Waals surface area contributed by atoms with Crippen molar-refractivity contribution in [3.8, 4) is 0 Å². The SMILES string of the molecule is CCCCN(C)[P+](C)(N(C)CCCC)N(C)CCCC. The van der Waals surface area contributed by atoms with Gasteiger partial charge in [0, 0.05) is 40.8 Å². The molecular weight excluding hydrogens is 265 g/mol. The fourth-order valence-corrected chi connectivity index (χ4v) is 5.64. The van der Waals surface area contributed by atoms with Gasteiger partial charge in [0.25, 0.3) is 0 Å². The van der Waals surface area contributed by atoms with Crippen LogP contribution in [0.2, 0.25) is 0 Å². The molecule has 0 aromatic carbocycles. The molecule has 0 amide bonds. The highest BCUT2D eigenvalue weighted by Crippen LogP contribution is 2.62. The molecule has 0 aromatic heterocycles. The first kappa shape index (κ1) is 20.3. The Morgan fingerprint density at radius 3 is 1.05 bits per heavy atom. The van der Waals surface area contributed by atoms with Crippen LogP contribution in [-0.4, -0.2) is 61.5 Å². The largest absolute Gasteiger partial charge is 0.223 e. The van der Waals surface area contributed by atoms with Crippen LogP contribution in [0.1, 0.15) is 59.3 Å². The van der Waals surface area contributed by atoms with E-state index in [0.29, 0.717) is 0 Å². The van der Waals surface area contributed by atoms with Crippen LogP contribution in [0.25, 0.3) is 0 Å². The maximum absolute atomic E-state index is 2.64. The van der Waals surface area contributed by atoms with Crippen LogP contribution in [0, 0.1) is 0 Å². The van der Waals surface area contributed by atoms with Gasteiger partial charge in [-0.3, -0.25) is 0 Å².